The molecule has 2 N–H and O–H groups in total. The second-order valence-electron chi connectivity index (χ2n) is 5.60. The molecule has 118 valence electrons. The largest absolute Gasteiger partial charge is 0.481 e. The van der Waals surface area contributed by atoms with E-state index in [9.17, 15) is 9.59 Å². The van der Waals surface area contributed by atoms with E-state index in [1.807, 2.05) is 27.7 Å². The number of aromatic nitrogens is 4. The van der Waals surface area contributed by atoms with Crippen molar-refractivity contribution >= 4 is 5.97 Å². The lowest BCUT2D eigenvalue weighted by atomic mass is 10.1. The number of carboxylic acid groups (broad SMARTS) is 1. The summed E-state index contributed by atoms with van der Waals surface area (Å²) < 4.78 is 1.57. The van der Waals surface area contributed by atoms with E-state index >= 15 is 0 Å². The zero-order chi connectivity index (χ0) is 16.4. The SMILES string of the molecule is Cc1nn(-c2nc(C(C)C)cc(=O)[nH]2)c(C)c1CCC(=O)O. The Bertz CT molecular complexity index is 759. The number of aromatic amines is 1. The van der Waals surface area contributed by atoms with Gasteiger partial charge in [0.05, 0.1) is 11.4 Å². The fourth-order valence-electron chi connectivity index (χ4n) is 2.33. The molecule has 2 heterocycles. The van der Waals surface area contributed by atoms with Gasteiger partial charge in [0.2, 0.25) is 5.95 Å². The number of carboxylic acids is 1. The Balaban J connectivity index is 2.48. The fourth-order valence-corrected chi connectivity index (χ4v) is 2.33. The molecule has 0 aromatic carbocycles. The molecule has 0 fully saturated rings. The van der Waals surface area contributed by atoms with Crippen LogP contribution >= 0.6 is 0 Å². The van der Waals surface area contributed by atoms with Crippen LogP contribution in [0.25, 0.3) is 5.95 Å². The number of hydrogen-bond donors (Lipinski definition) is 2. The van der Waals surface area contributed by atoms with Gasteiger partial charge in [0, 0.05) is 18.2 Å². The Morgan fingerprint density at radius 1 is 1.41 bits per heavy atom. The number of rotatable bonds is 5. The van der Waals surface area contributed by atoms with E-state index in [1.165, 1.54) is 6.07 Å². The van der Waals surface area contributed by atoms with Gasteiger partial charge >= 0.3 is 5.97 Å². The molecule has 0 bridgehead atoms. The molecule has 22 heavy (non-hydrogen) atoms. The lowest BCUT2D eigenvalue weighted by Crippen LogP contribution is -2.16. The third-order valence-electron chi connectivity index (χ3n) is 3.57. The van der Waals surface area contributed by atoms with Gasteiger partial charge in [-0.2, -0.15) is 5.10 Å². The van der Waals surface area contributed by atoms with E-state index in [4.69, 9.17) is 5.11 Å². The first-order valence-corrected chi connectivity index (χ1v) is 7.18. The van der Waals surface area contributed by atoms with Crippen LogP contribution in [0.15, 0.2) is 10.9 Å². The molecule has 2 aromatic heterocycles. The van der Waals surface area contributed by atoms with Crippen molar-refractivity contribution in [3.63, 3.8) is 0 Å². The Labute approximate surface area is 128 Å². The molecule has 0 atom stereocenters. The maximum absolute atomic E-state index is 11.8. The summed E-state index contributed by atoms with van der Waals surface area (Å²) in [5, 5.41) is 13.2. The summed E-state index contributed by atoms with van der Waals surface area (Å²) in [5.41, 5.74) is 2.88. The van der Waals surface area contributed by atoms with E-state index in [1.54, 1.807) is 4.68 Å². The molecule has 0 spiro atoms. The lowest BCUT2D eigenvalue weighted by Gasteiger charge is -2.08. The summed E-state index contributed by atoms with van der Waals surface area (Å²) in [6, 6.07) is 1.48. The summed E-state index contributed by atoms with van der Waals surface area (Å²) in [7, 11) is 0. The molecule has 0 radical (unpaired) electrons. The second-order valence-corrected chi connectivity index (χ2v) is 5.60. The van der Waals surface area contributed by atoms with E-state index in [-0.39, 0.29) is 17.9 Å². The van der Waals surface area contributed by atoms with Gasteiger partial charge < -0.3 is 5.11 Å². The number of aliphatic carboxylic acids is 1. The third-order valence-corrected chi connectivity index (χ3v) is 3.57. The molecule has 0 saturated heterocycles. The highest BCUT2D eigenvalue weighted by Crippen LogP contribution is 2.18. The zero-order valence-corrected chi connectivity index (χ0v) is 13.2. The van der Waals surface area contributed by atoms with Crippen LogP contribution in [0.5, 0.6) is 0 Å². The van der Waals surface area contributed by atoms with E-state index in [2.05, 4.69) is 15.1 Å². The quantitative estimate of drug-likeness (QED) is 0.875. The summed E-state index contributed by atoms with van der Waals surface area (Å²) in [6.45, 7) is 7.60. The van der Waals surface area contributed by atoms with Crippen LogP contribution in [0.3, 0.4) is 0 Å². The number of aryl methyl sites for hydroxylation is 1. The van der Waals surface area contributed by atoms with Crippen LogP contribution in [0.4, 0.5) is 0 Å². The first-order chi connectivity index (χ1) is 10.3. The van der Waals surface area contributed by atoms with Gasteiger partial charge in [0.25, 0.3) is 5.56 Å². The average Bonchev–Trinajstić information content (AvgIpc) is 2.71. The van der Waals surface area contributed by atoms with Crippen molar-refractivity contribution in [3.05, 3.63) is 39.1 Å². The Hall–Kier alpha value is -2.44. The molecule has 0 aliphatic heterocycles. The predicted molar refractivity (Wildman–Crippen MR) is 81.5 cm³/mol. The molecule has 0 unspecified atom stereocenters. The van der Waals surface area contributed by atoms with Crippen LogP contribution in [-0.4, -0.2) is 30.8 Å². The highest BCUT2D eigenvalue weighted by atomic mass is 16.4. The van der Waals surface area contributed by atoms with Crippen LogP contribution in [0.1, 0.15) is 48.8 Å². The molecule has 7 heteroatoms. The van der Waals surface area contributed by atoms with Gasteiger partial charge in [0.1, 0.15) is 0 Å². The average molecular weight is 304 g/mol. The summed E-state index contributed by atoms with van der Waals surface area (Å²) >= 11 is 0. The normalized spacial score (nSPS) is 11.1. The van der Waals surface area contributed by atoms with Gasteiger partial charge in [-0.15, -0.1) is 0 Å². The molecular weight excluding hydrogens is 284 g/mol. The van der Waals surface area contributed by atoms with Crippen LogP contribution in [0.2, 0.25) is 0 Å². The summed E-state index contributed by atoms with van der Waals surface area (Å²) in [6.07, 6.45) is 0.449. The zero-order valence-electron chi connectivity index (χ0n) is 13.2. The van der Waals surface area contributed by atoms with Gasteiger partial charge in [-0.1, -0.05) is 13.8 Å². The molecule has 0 aliphatic rings. The third kappa shape index (κ3) is 3.24. The standard InChI is InChI=1S/C15H20N4O3/c1-8(2)12-7-13(20)17-15(16-12)19-10(4)11(9(3)18-19)5-6-14(21)22/h7-8H,5-6H2,1-4H3,(H,21,22)(H,16,17,20). The molecule has 0 amide bonds. The van der Waals surface area contributed by atoms with Crippen molar-refractivity contribution in [2.24, 2.45) is 0 Å². The number of nitrogens with one attached hydrogen (secondary N) is 1. The molecular formula is C15H20N4O3. The topological polar surface area (TPSA) is 101 Å². The maximum Gasteiger partial charge on any atom is 0.303 e. The summed E-state index contributed by atoms with van der Waals surface area (Å²) in [4.78, 5) is 29.7. The smallest absolute Gasteiger partial charge is 0.303 e. The minimum Gasteiger partial charge on any atom is -0.481 e. The van der Waals surface area contributed by atoms with Crippen molar-refractivity contribution in [1.82, 2.24) is 19.7 Å². The molecule has 7 nitrogen and oxygen atoms in total. The fraction of sp³-hybridized carbons (Fsp3) is 0.467. The monoisotopic (exact) mass is 304 g/mol. The number of nitrogens with zero attached hydrogens (tertiary/aromatic N) is 3. The van der Waals surface area contributed by atoms with Gasteiger partial charge in [-0.25, -0.2) is 9.67 Å². The molecule has 2 aromatic rings. The molecule has 2 rings (SSSR count). The Kier molecular flexibility index (Phi) is 4.44. The minimum atomic E-state index is -0.847. The number of hydrogen-bond acceptors (Lipinski definition) is 4. The lowest BCUT2D eigenvalue weighted by molar-refractivity contribution is -0.136. The van der Waals surface area contributed by atoms with Crippen LogP contribution < -0.4 is 5.56 Å². The van der Waals surface area contributed by atoms with Crippen LogP contribution in [-0.2, 0) is 11.2 Å². The predicted octanol–water partition coefficient (Wildman–Crippen LogP) is 1.71. The number of H-pyrrole nitrogens is 1. The highest BCUT2D eigenvalue weighted by Gasteiger charge is 2.16. The van der Waals surface area contributed by atoms with Crippen molar-refractivity contribution < 1.29 is 9.90 Å². The first-order valence-electron chi connectivity index (χ1n) is 7.18. The minimum absolute atomic E-state index is 0.0450. The molecule has 0 saturated carbocycles. The maximum atomic E-state index is 11.8. The van der Waals surface area contributed by atoms with Crippen molar-refractivity contribution in [2.45, 2.75) is 46.5 Å². The van der Waals surface area contributed by atoms with Gasteiger partial charge in [-0.05, 0) is 31.7 Å². The van der Waals surface area contributed by atoms with E-state index < -0.39 is 5.97 Å². The van der Waals surface area contributed by atoms with E-state index in [0.29, 0.717) is 18.1 Å². The highest BCUT2D eigenvalue weighted by molar-refractivity contribution is 5.67. The van der Waals surface area contributed by atoms with E-state index in [0.717, 1.165) is 17.0 Å². The van der Waals surface area contributed by atoms with Gasteiger partial charge in [0.15, 0.2) is 0 Å². The van der Waals surface area contributed by atoms with Crippen LogP contribution in [0, 0.1) is 13.8 Å². The van der Waals surface area contributed by atoms with Crippen molar-refractivity contribution in [3.8, 4) is 5.95 Å². The molecule has 0 aliphatic carbocycles. The van der Waals surface area contributed by atoms with Gasteiger partial charge in [-0.3, -0.25) is 14.6 Å². The van der Waals surface area contributed by atoms with Crippen molar-refractivity contribution in [1.29, 1.82) is 0 Å². The van der Waals surface area contributed by atoms with Crippen molar-refractivity contribution in [2.75, 3.05) is 0 Å². The summed E-state index contributed by atoms with van der Waals surface area (Å²) in [5.74, 6) is -0.359. The number of carbonyl (C=O) groups is 1. The Morgan fingerprint density at radius 2 is 2.09 bits per heavy atom. The second kappa shape index (κ2) is 6.13. The Morgan fingerprint density at radius 3 is 2.68 bits per heavy atom. The first kappa shape index (κ1) is 15.9.